The summed E-state index contributed by atoms with van der Waals surface area (Å²) in [6.07, 6.45) is -16.8. The third-order valence-corrected chi connectivity index (χ3v) is 5.96. The summed E-state index contributed by atoms with van der Waals surface area (Å²) in [5.74, 6) is -0.815. The molecule has 10 atom stereocenters. The molecule has 2 fully saturated rings. The van der Waals surface area contributed by atoms with Crippen molar-refractivity contribution in [3.8, 4) is 5.88 Å². The maximum absolute atomic E-state index is 12.6. The van der Waals surface area contributed by atoms with Gasteiger partial charge in [-0.2, -0.15) is 0 Å². The molecular formula is C18H28N2O13. The van der Waals surface area contributed by atoms with Crippen LogP contribution in [0.3, 0.4) is 0 Å². The van der Waals surface area contributed by atoms with Crippen molar-refractivity contribution in [3.05, 3.63) is 26.4 Å². The Kier molecular flexibility index (Phi) is 7.59. The molecule has 188 valence electrons. The summed E-state index contributed by atoms with van der Waals surface area (Å²) >= 11 is 0. The summed E-state index contributed by atoms with van der Waals surface area (Å²) in [5.41, 5.74) is -2.40. The normalized spacial score (nSPS) is 39.5. The zero-order chi connectivity index (χ0) is 24.8. The average Bonchev–Trinajstić information content (AvgIpc) is 2.80. The van der Waals surface area contributed by atoms with Crippen LogP contribution in [0.1, 0.15) is 11.7 Å². The van der Waals surface area contributed by atoms with Gasteiger partial charge in [0, 0.05) is 14.1 Å². The van der Waals surface area contributed by atoms with Gasteiger partial charge >= 0.3 is 5.69 Å². The molecule has 2 aliphatic heterocycles. The van der Waals surface area contributed by atoms with E-state index in [1.54, 1.807) is 0 Å². The van der Waals surface area contributed by atoms with Gasteiger partial charge in [0.2, 0.25) is 5.88 Å². The minimum absolute atomic E-state index is 0.545. The lowest BCUT2D eigenvalue weighted by molar-refractivity contribution is -0.342. The van der Waals surface area contributed by atoms with Crippen molar-refractivity contribution in [1.82, 2.24) is 9.13 Å². The average molecular weight is 480 g/mol. The Labute approximate surface area is 185 Å². The molecule has 0 saturated carbocycles. The van der Waals surface area contributed by atoms with E-state index >= 15 is 0 Å². The Morgan fingerprint density at radius 1 is 0.818 bits per heavy atom. The quantitative estimate of drug-likeness (QED) is 0.196. The van der Waals surface area contributed by atoms with Crippen molar-refractivity contribution in [2.75, 3.05) is 13.2 Å². The molecule has 2 aliphatic rings. The summed E-state index contributed by atoms with van der Waals surface area (Å²) in [6, 6.07) is 0. The maximum atomic E-state index is 12.6. The van der Waals surface area contributed by atoms with Crippen molar-refractivity contribution < 1.29 is 55.1 Å². The molecule has 3 rings (SSSR count). The molecule has 0 spiro atoms. The molecule has 0 amide bonds. The number of rotatable bonds is 5. The second-order valence-corrected chi connectivity index (χ2v) is 8.00. The van der Waals surface area contributed by atoms with Crippen LogP contribution < -0.4 is 11.2 Å². The van der Waals surface area contributed by atoms with Crippen molar-refractivity contribution in [1.29, 1.82) is 0 Å². The monoisotopic (exact) mass is 480 g/mol. The Bertz CT molecular complexity index is 960. The number of aromatic hydroxyl groups is 1. The molecule has 0 unspecified atom stereocenters. The summed E-state index contributed by atoms with van der Waals surface area (Å²) < 4.78 is 17.6. The predicted octanol–water partition coefficient (Wildman–Crippen LogP) is -5.87. The zero-order valence-electron chi connectivity index (χ0n) is 17.7. The molecular weight excluding hydrogens is 452 g/mol. The predicted molar refractivity (Wildman–Crippen MR) is 104 cm³/mol. The Balaban J connectivity index is 1.91. The van der Waals surface area contributed by atoms with Crippen LogP contribution >= 0.6 is 0 Å². The third-order valence-electron chi connectivity index (χ3n) is 5.96. The Morgan fingerprint density at radius 2 is 1.42 bits per heavy atom. The van der Waals surface area contributed by atoms with Gasteiger partial charge in [-0.05, 0) is 0 Å². The topological polar surface area (TPSA) is 234 Å². The van der Waals surface area contributed by atoms with E-state index in [1.165, 1.54) is 7.05 Å². The van der Waals surface area contributed by atoms with Gasteiger partial charge in [-0.15, -0.1) is 0 Å². The van der Waals surface area contributed by atoms with E-state index in [4.69, 9.17) is 14.2 Å². The van der Waals surface area contributed by atoms with Crippen molar-refractivity contribution in [2.45, 2.75) is 61.2 Å². The largest absolute Gasteiger partial charge is 0.494 e. The van der Waals surface area contributed by atoms with Crippen LogP contribution in [0.4, 0.5) is 0 Å². The van der Waals surface area contributed by atoms with E-state index in [9.17, 15) is 50.4 Å². The molecule has 2 saturated heterocycles. The minimum atomic E-state index is -1.92. The fourth-order valence-electron chi connectivity index (χ4n) is 3.94. The fourth-order valence-corrected chi connectivity index (χ4v) is 3.94. The highest BCUT2D eigenvalue weighted by atomic mass is 16.7. The van der Waals surface area contributed by atoms with E-state index < -0.39 is 97.1 Å². The van der Waals surface area contributed by atoms with Gasteiger partial charge in [0.25, 0.3) is 5.56 Å². The Hall–Kier alpha value is -1.92. The standard InChI is InChI=1S/C18H28N2O13/c1-19-15(28)7(16(29)20(2)18(19)30)14-11(26)10(25)13(6(4-22)31-14)33-17-12(27)9(24)8(23)5(3-21)32-17/h5-6,8-14,17,21-28H,3-4H2,1-2H3/t5-,6-,8+,9+,10-,11-,12-,13-,14+,17+/m1/s1. The first-order valence-electron chi connectivity index (χ1n) is 10.0. The minimum Gasteiger partial charge on any atom is -0.494 e. The van der Waals surface area contributed by atoms with Crippen LogP contribution in [0, 0.1) is 0 Å². The van der Waals surface area contributed by atoms with E-state index in [-0.39, 0.29) is 0 Å². The van der Waals surface area contributed by atoms with Gasteiger partial charge < -0.3 is 55.1 Å². The SMILES string of the molecule is Cn1c(O)c([C@@H]2O[C@H](CO)[C@@H](O[C@@H]3O[C@H](CO)[C@H](O)[C@H](O)[C@H]3O)[C@H](O)[C@H]2O)c(=O)n(C)c1=O. The van der Waals surface area contributed by atoms with Crippen molar-refractivity contribution >= 4 is 0 Å². The molecule has 1 aromatic rings. The van der Waals surface area contributed by atoms with Crippen LogP contribution in [0.25, 0.3) is 0 Å². The number of aromatic nitrogens is 2. The highest BCUT2D eigenvalue weighted by Gasteiger charge is 2.51. The van der Waals surface area contributed by atoms with Gasteiger partial charge in [-0.1, -0.05) is 0 Å². The summed E-state index contributed by atoms with van der Waals surface area (Å²) in [5, 5.41) is 80.7. The lowest BCUT2D eigenvalue weighted by atomic mass is 9.91. The fraction of sp³-hybridized carbons (Fsp3) is 0.778. The van der Waals surface area contributed by atoms with E-state index in [2.05, 4.69) is 0 Å². The first-order chi connectivity index (χ1) is 15.5. The molecule has 0 bridgehead atoms. The van der Waals surface area contributed by atoms with Gasteiger partial charge in [0.1, 0.15) is 60.5 Å². The van der Waals surface area contributed by atoms with Crippen LogP contribution in [-0.2, 0) is 28.3 Å². The van der Waals surface area contributed by atoms with Gasteiger partial charge in [0.05, 0.1) is 13.2 Å². The van der Waals surface area contributed by atoms with Crippen LogP contribution in [0.15, 0.2) is 9.59 Å². The van der Waals surface area contributed by atoms with E-state index in [0.29, 0.717) is 4.57 Å². The lowest BCUT2D eigenvalue weighted by Gasteiger charge is -2.46. The second-order valence-electron chi connectivity index (χ2n) is 8.00. The van der Waals surface area contributed by atoms with Crippen molar-refractivity contribution in [2.24, 2.45) is 14.1 Å². The molecule has 3 heterocycles. The number of ether oxygens (including phenoxy) is 3. The van der Waals surface area contributed by atoms with E-state index in [0.717, 1.165) is 11.6 Å². The van der Waals surface area contributed by atoms with Crippen LogP contribution in [0.5, 0.6) is 5.88 Å². The first-order valence-corrected chi connectivity index (χ1v) is 10.0. The zero-order valence-corrected chi connectivity index (χ0v) is 17.7. The number of aliphatic hydroxyl groups is 7. The molecule has 0 aromatic carbocycles. The molecule has 0 aliphatic carbocycles. The molecule has 15 heteroatoms. The first kappa shape index (κ1) is 25.7. The number of hydrogen-bond donors (Lipinski definition) is 8. The molecule has 33 heavy (non-hydrogen) atoms. The third kappa shape index (κ3) is 4.32. The maximum Gasteiger partial charge on any atom is 0.333 e. The second kappa shape index (κ2) is 9.75. The van der Waals surface area contributed by atoms with E-state index in [1.807, 2.05) is 0 Å². The lowest BCUT2D eigenvalue weighted by Crippen LogP contribution is -2.63. The molecule has 8 N–H and O–H groups in total. The van der Waals surface area contributed by atoms with Gasteiger partial charge in [-0.3, -0.25) is 13.9 Å². The summed E-state index contributed by atoms with van der Waals surface area (Å²) in [4.78, 5) is 24.6. The number of nitrogens with zero attached hydrogens (tertiary/aromatic N) is 2. The van der Waals surface area contributed by atoms with Crippen LogP contribution in [0.2, 0.25) is 0 Å². The molecule has 15 nitrogen and oxygen atoms in total. The van der Waals surface area contributed by atoms with Gasteiger partial charge in [0.15, 0.2) is 6.29 Å². The van der Waals surface area contributed by atoms with Crippen LogP contribution in [-0.4, -0.2) is 118 Å². The van der Waals surface area contributed by atoms with Gasteiger partial charge in [-0.25, -0.2) is 4.79 Å². The Morgan fingerprint density at radius 3 is 2.00 bits per heavy atom. The smallest absolute Gasteiger partial charge is 0.333 e. The van der Waals surface area contributed by atoms with Crippen molar-refractivity contribution in [3.63, 3.8) is 0 Å². The summed E-state index contributed by atoms with van der Waals surface area (Å²) in [7, 11) is 2.30. The molecule has 1 aromatic heterocycles. The molecule has 0 radical (unpaired) electrons. The summed E-state index contributed by atoms with van der Waals surface area (Å²) in [6.45, 7) is -1.56. The highest BCUT2D eigenvalue weighted by molar-refractivity contribution is 5.28. The number of aliphatic hydroxyl groups excluding tert-OH is 7. The highest BCUT2D eigenvalue weighted by Crippen LogP contribution is 2.36. The number of hydrogen-bond acceptors (Lipinski definition) is 13.